The van der Waals surface area contributed by atoms with Crippen LogP contribution in [0.4, 0.5) is 5.69 Å². The zero-order valence-corrected chi connectivity index (χ0v) is 17.9. The molecule has 32 heavy (non-hydrogen) atoms. The maximum Gasteiger partial charge on any atom is 0.255 e. The van der Waals surface area contributed by atoms with Gasteiger partial charge in [0.05, 0.1) is 6.61 Å². The van der Waals surface area contributed by atoms with Gasteiger partial charge in [0, 0.05) is 30.5 Å². The lowest BCUT2D eigenvalue weighted by Gasteiger charge is -2.10. The molecule has 3 aromatic carbocycles. The van der Waals surface area contributed by atoms with Crippen LogP contribution in [0.15, 0.2) is 78.9 Å². The molecule has 7 nitrogen and oxygen atoms in total. The molecule has 0 atom stereocenters. The maximum absolute atomic E-state index is 12.5. The van der Waals surface area contributed by atoms with Crippen molar-refractivity contribution in [1.29, 1.82) is 0 Å². The number of rotatable bonds is 11. The third kappa shape index (κ3) is 7.14. The van der Waals surface area contributed by atoms with Crippen LogP contribution in [-0.2, 0) is 4.74 Å². The van der Waals surface area contributed by atoms with E-state index in [2.05, 4.69) is 10.6 Å². The Morgan fingerprint density at radius 3 is 2.09 bits per heavy atom. The number of carbonyl (C=O) groups is 2. The van der Waals surface area contributed by atoms with Crippen LogP contribution in [0.25, 0.3) is 0 Å². The second-order valence-electron chi connectivity index (χ2n) is 6.82. The average molecular weight is 434 g/mol. The Balaban J connectivity index is 1.48. The summed E-state index contributed by atoms with van der Waals surface area (Å²) in [5, 5.41) is 5.56. The largest absolute Gasteiger partial charge is 0.490 e. The van der Waals surface area contributed by atoms with Gasteiger partial charge in [-0.2, -0.15) is 0 Å². The summed E-state index contributed by atoms with van der Waals surface area (Å²) in [5.74, 6) is 0.935. The molecule has 0 heterocycles. The molecule has 0 unspecified atom stereocenters. The summed E-state index contributed by atoms with van der Waals surface area (Å²) < 4.78 is 16.2. The van der Waals surface area contributed by atoms with Gasteiger partial charge in [0.1, 0.15) is 24.7 Å². The van der Waals surface area contributed by atoms with Crippen LogP contribution in [0.2, 0.25) is 0 Å². The number of nitrogens with one attached hydrogen (secondary N) is 2. The zero-order valence-electron chi connectivity index (χ0n) is 17.9. The second kappa shape index (κ2) is 12.1. The van der Waals surface area contributed by atoms with E-state index in [1.54, 1.807) is 55.6 Å². The Kier molecular flexibility index (Phi) is 8.65. The summed E-state index contributed by atoms with van der Waals surface area (Å²) in [6.07, 6.45) is 0. The number of anilines is 1. The molecule has 0 spiro atoms. The fourth-order valence-electron chi connectivity index (χ4n) is 2.85. The number of benzene rings is 3. The average Bonchev–Trinajstić information content (AvgIpc) is 2.83. The fourth-order valence-corrected chi connectivity index (χ4v) is 2.85. The van der Waals surface area contributed by atoms with E-state index in [0.717, 1.165) is 5.75 Å². The molecule has 0 saturated carbocycles. The molecule has 3 aromatic rings. The first-order valence-corrected chi connectivity index (χ1v) is 10.2. The molecule has 0 bridgehead atoms. The van der Waals surface area contributed by atoms with Gasteiger partial charge in [-0.05, 0) is 54.6 Å². The first-order valence-electron chi connectivity index (χ1n) is 10.2. The van der Waals surface area contributed by atoms with Gasteiger partial charge >= 0.3 is 0 Å². The summed E-state index contributed by atoms with van der Waals surface area (Å²) in [6, 6.07) is 23.1. The second-order valence-corrected chi connectivity index (χ2v) is 6.82. The molecule has 0 aliphatic rings. The number of para-hydroxylation sites is 1. The van der Waals surface area contributed by atoms with Gasteiger partial charge in [0.15, 0.2) is 0 Å². The van der Waals surface area contributed by atoms with Crippen molar-refractivity contribution < 1.29 is 23.8 Å². The first kappa shape index (κ1) is 22.8. The molecule has 2 N–H and O–H groups in total. The lowest BCUT2D eigenvalue weighted by Crippen LogP contribution is -2.27. The summed E-state index contributed by atoms with van der Waals surface area (Å²) in [6.45, 7) is 1.65. The van der Waals surface area contributed by atoms with E-state index >= 15 is 0 Å². The minimum atomic E-state index is -0.277. The molecule has 7 heteroatoms. The van der Waals surface area contributed by atoms with Crippen molar-refractivity contribution in [3.05, 3.63) is 90.0 Å². The third-order valence-corrected chi connectivity index (χ3v) is 4.45. The van der Waals surface area contributed by atoms with E-state index < -0.39 is 0 Å². The summed E-state index contributed by atoms with van der Waals surface area (Å²) in [4.78, 5) is 24.7. The van der Waals surface area contributed by atoms with Crippen molar-refractivity contribution in [2.75, 3.05) is 38.8 Å². The van der Waals surface area contributed by atoms with Gasteiger partial charge < -0.3 is 24.8 Å². The maximum atomic E-state index is 12.5. The van der Waals surface area contributed by atoms with Crippen molar-refractivity contribution in [2.45, 2.75) is 0 Å². The predicted molar refractivity (Wildman–Crippen MR) is 122 cm³/mol. The lowest BCUT2D eigenvalue weighted by molar-refractivity contribution is 0.0936. The van der Waals surface area contributed by atoms with E-state index in [-0.39, 0.29) is 11.8 Å². The highest BCUT2D eigenvalue weighted by Gasteiger charge is 2.09. The van der Waals surface area contributed by atoms with Gasteiger partial charge in [0.2, 0.25) is 0 Å². The van der Waals surface area contributed by atoms with Crippen LogP contribution in [0.3, 0.4) is 0 Å². The normalized spacial score (nSPS) is 10.3. The van der Waals surface area contributed by atoms with Crippen LogP contribution in [0.1, 0.15) is 20.7 Å². The highest BCUT2D eigenvalue weighted by atomic mass is 16.5. The molecule has 0 fully saturated rings. The van der Waals surface area contributed by atoms with Gasteiger partial charge in [-0.25, -0.2) is 0 Å². The molecule has 3 rings (SSSR count). The molecule has 0 radical (unpaired) electrons. The minimum Gasteiger partial charge on any atom is -0.490 e. The van der Waals surface area contributed by atoms with Gasteiger partial charge in [-0.1, -0.05) is 24.3 Å². The minimum absolute atomic E-state index is 0.226. The van der Waals surface area contributed by atoms with Crippen molar-refractivity contribution in [1.82, 2.24) is 5.32 Å². The lowest BCUT2D eigenvalue weighted by atomic mass is 10.1. The van der Waals surface area contributed by atoms with Crippen molar-refractivity contribution in [3.63, 3.8) is 0 Å². The zero-order chi connectivity index (χ0) is 22.6. The number of amides is 2. The third-order valence-electron chi connectivity index (χ3n) is 4.45. The first-order chi connectivity index (χ1) is 15.7. The summed E-state index contributed by atoms with van der Waals surface area (Å²) >= 11 is 0. The van der Waals surface area contributed by atoms with Crippen molar-refractivity contribution in [3.8, 4) is 11.5 Å². The van der Waals surface area contributed by atoms with Crippen molar-refractivity contribution >= 4 is 17.5 Å². The van der Waals surface area contributed by atoms with Gasteiger partial charge in [-0.15, -0.1) is 0 Å². The highest BCUT2D eigenvalue weighted by molar-refractivity contribution is 6.05. The van der Waals surface area contributed by atoms with Crippen LogP contribution in [0, 0.1) is 0 Å². The molecule has 2 amide bonds. The van der Waals surface area contributed by atoms with E-state index in [1.807, 2.05) is 30.3 Å². The molecule has 0 aliphatic heterocycles. The van der Waals surface area contributed by atoms with E-state index in [1.165, 1.54) is 0 Å². The van der Waals surface area contributed by atoms with Crippen LogP contribution in [-0.4, -0.2) is 45.3 Å². The number of carbonyl (C=O) groups excluding carboxylic acids is 2. The number of hydrogen-bond acceptors (Lipinski definition) is 5. The number of ether oxygens (including phenoxy) is 3. The Morgan fingerprint density at radius 1 is 0.719 bits per heavy atom. The van der Waals surface area contributed by atoms with E-state index in [4.69, 9.17) is 14.2 Å². The molecular formula is C25H26N2O5. The Bertz CT molecular complexity index is 1010. The Labute approximate surface area is 187 Å². The number of hydrogen-bond donors (Lipinski definition) is 2. The molecule has 0 aliphatic carbocycles. The quantitative estimate of drug-likeness (QED) is 0.449. The van der Waals surface area contributed by atoms with Crippen LogP contribution in [0.5, 0.6) is 11.5 Å². The van der Waals surface area contributed by atoms with Crippen LogP contribution < -0.4 is 20.1 Å². The Morgan fingerprint density at radius 2 is 1.41 bits per heavy atom. The predicted octanol–water partition coefficient (Wildman–Crippen LogP) is 3.77. The Hall–Kier alpha value is -3.84. The van der Waals surface area contributed by atoms with Crippen molar-refractivity contribution in [2.24, 2.45) is 0 Å². The summed E-state index contributed by atoms with van der Waals surface area (Å²) in [5.41, 5.74) is 1.47. The van der Waals surface area contributed by atoms with Crippen LogP contribution >= 0.6 is 0 Å². The monoisotopic (exact) mass is 434 g/mol. The van der Waals surface area contributed by atoms with Gasteiger partial charge in [-0.3, -0.25) is 9.59 Å². The summed E-state index contributed by atoms with van der Waals surface area (Å²) in [7, 11) is 1.57. The molecule has 166 valence electrons. The molecular weight excluding hydrogens is 408 g/mol. The smallest absolute Gasteiger partial charge is 0.255 e. The topological polar surface area (TPSA) is 85.9 Å². The number of methoxy groups -OCH3 is 1. The van der Waals surface area contributed by atoms with E-state index in [9.17, 15) is 9.59 Å². The fraction of sp³-hybridized carbons (Fsp3) is 0.200. The molecule has 0 aromatic heterocycles. The van der Waals surface area contributed by atoms with Gasteiger partial charge in [0.25, 0.3) is 11.8 Å². The molecule has 0 saturated heterocycles. The standard InChI is InChI=1S/C25H26N2O5/c1-30-15-14-26-24(28)20-6-5-7-21(18-20)27-25(29)19-10-12-23(13-11-19)32-17-16-31-22-8-3-2-4-9-22/h2-13,18H,14-17H2,1H3,(H,26,28)(H,27,29). The highest BCUT2D eigenvalue weighted by Crippen LogP contribution is 2.16. The van der Waals surface area contributed by atoms with E-state index in [0.29, 0.717) is 48.9 Å². The SMILES string of the molecule is COCCNC(=O)c1cccc(NC(=O)c2ccc(OCCOc3ccccc3)cc2)c1.